The SMILES string of the molecule is CC(CC(=O)O)C1CCCN(Cc2ccc(Br)c(Br)c2)C1. The van der Waals surface area contributed by atoms with Crippen LogP contribution in [0.5, 0.6) is 0 Å². The lowest BCUT2D eigenvalue weighted by Crippen LogP contribution is -2.37. The third-order valence-corrected chi connectivity index (χ3v) is 6.11. The zero-order valence-corrected chi connectivity index (χ0v) is 15.4. The molecule has 0 spiro atoms. The predicted octanol–water partition coefficient (Wildman–Crippen LogP) is 4.53. The quantitative estimate of drug-likeness (QED) is 0.763. The van der Waals surface area contributed by atoms with Crippen molar-refractivity contribution in [2.45, 2.75) is 32.7 Å². The van der Waals surface area contributed by atoms with Gasteiger partial charge in [0.2, 0.25) is 0 Å². The summed E-state index contributed by atoms with van der Waals surface area (Å²) in [5, 5.41) is 8.95. The third kappa shape index (κ3) is 5.08. The molecule has 1 heterocycles. The maximum Gasteiger partial charge on any atom is 0.303 e. The molecule has 21 heavy (non-hydrogen) atoms. The molecule has 0 aromatic heterocycles. The third-order valence-electron chi connectivity index (χ3n) is 4.23. The molecule has 3 nitrogen and oxygen atoms in total. The molecular weight excluding hydrogens is 398 g/mol. The Labute approximate surface area is 143 Å². The molecule has 0 bridgehead atoms. The zero-order chi connectivity index (χ0) is 15.4. The van der Waals surface area contributed by atoms with Crippen LogP contribution in [0.3, 0.4) is 0 Å². The van der Waals surface area contributed by atoms with Crippen LogP contribution in [-0.4, -0.2) is 29.1 Å². The number of rotatable bonds is 5. The predicted molar refractivity (Wildman–Crippen MR) is 91.3 cm³/mol. The Balaban J connectivity index is 1.94. The van der Waals surface area contributed by atoms with E-state index in [1.165, 1.54) is 5.56 Å². The van der Waals surface area contributed by atoms with Crippen LogP contribution >= 0.6 is 31.9 Å². The lowest BCUT2D eigenvalue weighted by molar-refractivity contribution is -0.138. The van der Waals surface area contributed by atoms with E-state index in [0.29, 0.717) is 5.92 Å². The molecule has 5 heteroatoms. The monoisotopic (exact) mass is 417 g/mol. The first-order valence-corrected chi connectivity index (χ1v) is 8.92. The van der Waals surface area contributed by atoms with Crippen LogP contribution in [0, 0.1) is 11.8 Å². The Morgan fingerprint density at radius 3 is 2.86 bits per heavy atom. The minimum absolute atomic E-state index is 0.252. The lowest BCUT2D eigenvalue weighted by atomic mass is 9.84. The second-order valence-corrected chi connectivity index (χ2v) is 7.67. The van der Waals surface area contributed by atoms with E-state index in [-0.39, 0.29) is 12.3 Å². The molecule has 1 aliphatic heterocycles. The first kappa shape index (κ1) is 17.0. The maximum atomic E-state index is 10.9. The highest BCUT2D eigenvalue weighted by atomic mass is 79.9. The summed E-state index contributed by atoms with van der Waals surface area (Å²) in [4.78, 5) is 13.3. The molecule has 1 aromatic carbocycles. The second-order valence-electron chi connectivity index (χ2n) is 5.96. The number of carboxylic acid groups (broad SMARTS) is 1. The minimum atomic E-state index is -0.684. The number of aliphatic carboxylic acids is 1. The number of piperidine rings is 1. The fourth-order valence-corrected chi connectivity index (χ4v) is 3.71. The summed E-state index contributed by atoms with van der Waals surface area (Å²) >= 11 is 7.03. The summed E-state index contributed by atoms with van der Waals surface area (Å²) in [7, 11) is 0. The van der Waals surface area contributed by atoms with Crippen molar-refractivity contribution in [3.05, 3.63) is 32.7 Å². The highest BCUT2D eigenvalue weighted by Crippen LogP contribution is 2.28. The Morgan fingerprint density at radius 2 is 2.19 bits per heavy atom. The van der Waals surface area contributed by atoms with Crippen molar-refractivity contribution in [2.24, 2.45) is 11.8 Å². The molecule has 0 amide bonds. The largest absolute Gasteiger partial charge is 0.481 e. The van der Waals surface area contributed by atoms with E-state index in [1.807, 2.05) is 0 Å². The van der Waals surface area contributed by atoms with E-state index in [0.717, 1.165) is 41.4 Å². The van der Waals surface area contributed by atoms with Crippen LogP contribution in [0.1, 0.15) is 31.7 Å². The Morgan fingerprint density at radius 1 is 1.43 bits per heavy atom. The molecule has 1 aliphatic rings. The molecule has 1 N–H and O–H groups in total. The smallest absolute Gasteiger partial charge is 0.303 e. The van der Waals surface area contributed by atoms with Crippen molar-refractivity contribution in [3.8, 4) is 0 Å². The van der Waals surface area contributed by atoms with Crippen molar-refractivity contribution in [3.63, 3.8) is 0 Å². The van der Waals surface area contributed by atoms with E-state index >= 15 is 0 Å². The summed E-state index contributed by atoms with van der Waals surface area (Å²) < 4.78 is 2.14. The van der Waals surface area contributed by atoms with Crippen molar-refractivity contribution in [2.75, 3.05) is 13.1 Å². The number of benzene rings is 1. The summed E-state index contributed by atoms with van der Waals surface area (Å²) in [5.74, 6) is 0.0622. The number of carbonyl (C=O) groups is 1. The van der Waals surface area contributed by atoms with Gasteiger partial charge in [-0.2, -0.15) is 0 Å². The van der Waals surface area contributed by atoms with E-state index in [9.17, 15) is 4.79 Å². The number of halogens is 2. The van der Waals surface area contributed by atoms with E-state index in [4.69, 9.17) is 5.11 Å². The van der Waals surface area contributed by atoms with Gasteiger partial charge in [-0.3, -0.25) is 9.69 Å². The average Bonchev–Trinajstić information content (AvgIpc) is 2.42. The summed E-state index contributed by atoms with van der Waals surface area (Å²) in [6.45, 7) is 5.10. The van der Waals surface area contributed by atoms with Crippen LogP contribution in [0.25, 0.3) is 0 Å². The molecule has 0 radical (unpaired) electrons. The molecule has 116 valence electrons. The Hall–Kier alpha value is -0.390. The average molecular weight is 419 g/mol. The highest BCUT2D eigenvalue weighted by Gasteiger charge is 2.26. The van der Waals surface area contributed by atoms with Crippen LogP contribution < -0.4 is 0 Å². The topological polar surface area (TPSA) is 40.5 Å². The van der Waals surface area contributed by atoms with Gasteiger partial charge in [-0.05, 0) is 80.8 Å². The number of hydrogen-bond donors (Lipinski definition) is 1. The van der Waals surface area contributed by atoms with Crippen molar-refractivity contribution in [1.82, 2.24) is 4.90 Å². The fraction of sp³-hybridized carbons (Fsp3) is 0.562. The molecule has 0 saturated carbocycles. The molecule has 2 atom stereocenters. The summed E-state index contributed by atoms with van der Waals surface area (Å²) in [6, 6.07) is 6.35. The van der Waals surface area contributed by atoms with Gasteiger partial charge in [0.05, 0.1) is 0 Å². The van der Waals surface area contributed by atoms with Gasteiger partial charge < -0.3 is 5.11 Å². The van der Waals surface area contributed by atoms with Gasteiger partial charge in [0.25, 0.3) is 0 Å². The first-order chi connectivity index (χ1) is 9.95. The van der Waals surface area contributed by atoms with Gasteiger partial charge in [-0.1, -0.05) is 13.0 Å². The van der Waals surface area contributed by atoms with Crippen LogP contribution in [0.4, 0.5) is 0 Å². The molecule has 2 rings (SSSR count). The molecular formula is C16H21Br2NO2. The molecule has 2 unspecified atom stereocenters. The number of likely N-dealkylation sites (tertiary alicyclic amines) is 1. The van der Waals surface area contributed by atoms with Crippen molar-refractivity contribution < 1.29 is 9.90 Å². The minimum Gasteiger partial charge on any atom is -0.481 e. The van der Waals surface area contributed by atoms with E-state index < -0.39 is 5.97 Å². The normalized spacial score (nSPS) is 21.2. The highest BCUT2D eigenvalue weighted by molar-refractivity contribution is 9.13. The van der Waals surface area contributed by atoms with Gasteiger partial charge in [-0.25, -0.2) is 0 Å². The number of carboxylic acids is 1. The van der Waals surface area contributed by atoms with Crippen LogP contribution in [0.2, 0.25) is 0 Å². The lowest BCUT2D eigenvalue weighted by Gasteiger charge is -2.35. The molecule has 1 saturated heterocycles. The van der Waals surface area contributed by atoms with Crippen LogP contribution in [-0.2, 0) is 11.3 Å². The van der Waals surface area contributed by atoms with Gasteiger partial charge in [0, 0.05) is 28.5 Å². The maximum absolute atomic E-state index is 10.9. The van der Waals surface area contributed by atoms with Crippen molar-refractivity contribution in [1.29, 1.82) is 0 Å². The zero-order valence-electron chi connectivity index (χ0n) is 12.2. The van der Waals surface area contributed by atoms with Gasteiger partial charge in [-0.15, -0.1) is 0 Å². The molecule has 1 fully saturated rings. The number of hydrogen-bond acceptors (Lipinski definition) is 2. The van der Waals surface area contributed by atoms with Gasteiger partial charge in [0.1, 0.15) is 0 Å². The standard InChI is InChI=1S/C16H21Br2NO2/c1-11(7-16(20)21)13-3-2-6-19(10-13)9-12-4-5-14(17)15(18)8-12/h4-5,8,11,13H,2-3,6-7,9-10H2,1H3,(H,20,21). The summed E-state index contributed by atoms with van der Waals surface area (Å²) in [5.41, 5.74) is 1.29. The molecule has 1 aromatic rings. The van der Waals surface area contributed by atoms with Crippen molar-refractivity contribution >= 4 is 37.8 Å². The summed E-state index contributed by atoms with van der Waals surface area (Å²) in [6.07, 6.45) is 2.59. The van der Waals surface area contributed by atoms with Gasteiger partial charge in [0.15, 0.2) is 0 Å². The molecule has 0 aliphatic carbocycles. The van der Waals surface area contributed by atoms with E-state index in [1.54, 1.807) is 0 Å². The Kier molecular flexibility index (Phi) is 6.26. The first-order valence-electron chi connectivity index (χ1n) is 7.33. The number of nitrogens with zero attached hydrogens (tertiary/aromatic N) is 1. The van der Waals surface area contributed by atoms with E-state index in [2.05, 4.69) is 61.9 Å². The fourth-order valence-electron chi connectivity index (χ4n) is 3.04. The second kappa shape index (κ2) is 7.75. The van der Waals surface area contributed by atoms with Crippen LogP contribution in [0.15, 0.2) is 27.1 Å². The van der Waals surface area contributed by atoms with Gasteiger partial charge >= 0.3 is 5.97 Å². The Bertz CT molecular complexity index is 507.